The lowest BCUT2D eigenvalue weighted by molar-refractivity contribution is 0.796. The minimum Gasteiger partial charge on any atom is -0.333 e. The lowest BCUT2D eigenvalue weighted by Gasteiger charge is -2.29. The molecular formula is C87H56N12. The zero-order valence-electron chi connectivity index (χ0n) is 53.2. The van der Waals surface area contributed by atoms with Crippen LogP contribution in [0.5, 0.6) is 0 Å². The van der Waals surface area contributed by atoms with Gasteiger partial charge in [-0.1, -0.05) is 261 Å². The second-order valence-corrected chi connectivity index (χ2v) is 24.9. The molecule has 6 heterocycles. The predicted molar refractivity (Wildman–Crippen MR) is 396 cm³/mol. The largest absolute Gasteiger partial charge is 0.333 e. The molecule has 2 unspecified atom stereocenters. The molecule has 2 aliphatic rings. The Hall–Kier alpha value is -13.5. The number of fused-ring (bicyclic) bond motifs is 9. The number of anilines is 2. The molecule has 0 amide bonds. The van der Waals surface area contributed by atoms with Gasteiger partial charge in [-0.2, -0.15) is 0 Å². The van der Waals surface area contributed by atoms with Gasteiger partial charge in [0.05, 0.1) is 27.9 Å². The Bertz CT molecular complexity index is 5950. The van der Waals surface area contributed by atoms with Crippen LogP contribution in [0.2, 0.25) is 0 Å². The van der Waals surface area contributed by atoms with Gasteiger partial charge in [-0.05, 0) is 72.3 Å². The fourth-order valence-electron chi connectivity index (χ4n) is 14.4. The highest BCUT2D eigenvalue weighted by Gasteiger charge is 2.39. The van der Waals surface area contributed by atoms with Crippen LogP contribution >= 0.6 is 0 Å². The van der Waals surface area contributed by atoms with Gasteiger partial charge in [0.25, 0.3) is 0 Å². The Balaban J connectivity index is 0.821. The number of hydrogen-bond acceptors (Lipinski definition) is 10. The van der Waals surface area contributed by atoms with Gasteiger partial charge in [0, 0.05) is 100 Å². The first kappa shape index (κ1) is 57.0. The first-order valence-electron chi connectivity index (χ1n) is 33.2. The second-order valence-electron chi connectivity index (χ2n) is 24.9. The molecule has 0 bridgehead atoms. The molecule has 12 heteroatoms. The average Bonchev–Trinajstić information content (AvgIpc) is 1.54. The highest BCUT2D eigenvalue weighted by molar-refractivity contribution is 6.14. The van der Waals surface area contributed by atoms with E-state index in [-0.39, 0.29) is 12.0 Å². The molecule has 99 heavy (non-hydrogen) atoms. The number of hydrogen-bond donors (Lipinski definition) is 0. The summed E-state index contributed by atoms with van der Waals surface area (Å²) in [5, 5.41) is 5.55. The van der Waals surface area contributed by atoms with Crippen LogP contribution in [0.25, 0.3) is 159 Å². The van der Waals surface area contributed by atoms with Crippen LogP contribution in [0.3, 0.4) is 0 Å². The van der Waals surface area contributed by atoms with Crippen molar-refractivity contribution < 1.29 is 0 Å². The van der Waals surface area contributed by atoms with Gasteiger partial charge in [0.1, 0.15) is 0 Å². The summed E-state index contributed by atoms with van der Waals surface area (Å²) in [6.07, 6.45) is 5.02. The van der Waals surface area contributed by atoms with Crippen molar-refractivity contribution in [3.8, 4) is 114 Å². The Morgan fingerprint density at radius 1 is 0.232 bits per heavy atom. The molecule has 17 aromatic rings. The van der Waals surface area contributed by atoms with Crippen LogP contribution < -0.4 is 15.5 Å². The van der Waals surface area contributed by atoms with Crippen LogP contribution in [-0.4, -0.2) is 60.0 Å². The minimum absolute atomic E-state index is 0.0486. The fourth-order valence-corrected chi connectivity index (χ4v) is 14.4. The molecule has 0 saturated heterocycles. The van der Waals surface area contributed by atoms with Crippen LogP contribution in [0.15, 0.2) is 315 Å². The normalized spacial score (nSPS) is 13.8. The molecule has 0 N–H and O–H groups in total. The zero-order chi connectivity index (χ0) is 65.3. The number of nitrogens with zero attached hydrogens (tertiary/aromatic N) is 12. The Morgan fingerprint density at radius 2 is 0.566 bits per heavy atom. The molecule has 0 saturated carbocycles. The highest BCUT2D eigenvalue weighted by Crippen LogP contribution is 2.48. The van der Waals surface area contributed by atoms with Gasteiger partial charge in [-0.25, -0.2) is 44.9 Å². The molecule has 0 spiro atoms. The third-order valence-electron chi connectivity index (χ3n) is 18.9. The summed E-state index contributed by atoms with van der Waals surface area (Å²) < 4.78 is 4.86. The SMILES string of the molecule is C1=c2c(n(-c3cccc(-c4nc(-c5ccccc5)nc(-c5ccccc5)n4)c3)c3cc4c5ccccc5n(-c5cccc(-c6nc(-c7ccccc7)nc(-c7ccccc7)n6)c5)c4cc23)=CC2c3ccccc3N(c3cccc(-c4nc(-c5ccccc5)nc(-c5ccccc5)n4)c3)C12. The molecule has 1 aliphatic carbocycles. The van der Waals surface area contributed by atoms with E-state index in [0.29, 0.717) is 52.4 Å². The maximum atomic E-state index is 5.23. The van der Waals surface area contributed by atoms with E-state index in [9.17, 15) is 0 Å². The lowest BCUT2D eigenvalue weighted by atomic mass is 9.90. The molecule has 12 aromatic carbocycles. The average molecular weight is 1270 g/mol. The van der Waals surface area contributed by atoms with Crippen LogP contribution in [0, 0.1) is 0 Å². The fraction of sp³-hybridized carbons (Fsp3) is 0.0230. The monoisotopic (exact) mass is 1270 g/mol. The Morgan fingerprint density at radius 3 is 1.01 bits per heavy atom. The third kappa shape index (κ3) is 10.1. The van der Waals surface area contributed by atoms with Crippen molar-refractivity contribution in [1.82, 2.24) is 54.0 Å². The number of rotatable bonds is 12. The third-order valence-corrected chi connectivity index (χ3v) is 18.9. The number of benzene rings is 12. The first-order valence-corrected chi connectivity index (χ1v) is 33.2. The molecule has 0 radical (unpaired) electrons. The second kappa shape index (κ2) is 23.8. The van der Waals surface area contributed by atoms with E-state index in [4.69, 9.17) is 44.9 Å². The molecule has 5 aromatic heterocycles. The van der Waals surface area contributed by atoms with E-state index in [1.165, 1.54) is 5.56 Å². The van der Waals surface area contributed by atoms with E-state index in [1.807, 2.05) is 182 Å². The molecule has 0 fully saturated rings. The summed E-state index contributed by atoms with van der Waals surface area (Å²) in [5.74, 6) is 5.35. The van der Waals surface area contributed by atoms with Crippen LogP contribution in [0.1, 0.15) is 11.5 Å². The van der Waals surface area contributed by atoms with Crippen molar-refractivity contribution in [2.24, 2.45) is 0 Å². The van der Waals surface area contributed by atoms with Gasteiger partial charge in [0.15, 0.2) is 52.4 Å². The Kier molecular flexibility index (Phi) is 13.7. The van der Waals surface area contributed by atoms with Crippen molar-refractivity contribution in [3.05, 3.63) is 332 Å². The summed E-state index contributed by atoms with van der Waals surface area (Å²) in [5.41, 5.74) is 16.6. The van der Waals surface area contributed by atoms with Crippen molar-refractivity contribution in [3.63, 3.8) is 0 Å². The minimum atomic E-state index is -0.133. The highest BCUT2D eigenvalue weighted by atomic mass is 15.2. The van der Waals surface area contributed by atoms with Crippen molar-refractivity contribution in [1.29, 1.82) is 0 Å². The van der Waals surface area contributed by atoms with Crippen molar-refractivity contribution in [2.45, 2.75) is 12.0 Å². The topological polar surface area (TPSA) is 129 Å². The van der Waals surface area contributed by atoms with Gasteiger partial charge in [0.2, 0.25) is 0 Å². The summed E-state index contributed by atoms with van der Waals surface area (Å²) >= 11 is 0. The molecule has 12 nitrogen and oxygen atoms in total. The summed E-state index contributed by atoms with van der Waals surface area (Å²) in [4.78, 5) is 48.9. The van der Waals surface area contributed by atoms with E-state index < -0.39 is 0 Å². The van der Waals surface area contributed by atoms with Crippen LogP contribution in [-0.2, 0) is 0 Å². The van der Waals surface area contributed by atoms with E-state index >= 15 is 0 Å². The van der Waals surface area contributed by atoms with E-state index in [0.717, 1.165) is 116 Å². The first-order chi connectivity index (χ1) is 49.0. The number of para-hydroxylation sites is 2. The van der Waals surface area contributed by atoms with Gasteiger partial charge >= 0.3 is 0 Å². The zero-order valence-corrected chi connectivity index (χ0v) is 53.2. The maximum Gasteiger partial charge on any atom is 0.164 e. The van der Waals surface area contributed by atoms with Gasteiger partial charge in [-0.15, -0.1) is 0 Å². The number of aromatic nitrogens is 11. The van der Waals surface area contributed by atoms with Crippen molar-refractivity contribution >= 4 is 56.2 Å². The van der Waals surface area contributed by atoms with Gasteiger partial charge < -0.3 is 14.0 Å². The molecular weight excluding hydrogens is 1210 g/mol. The lowest BCUT2D eigenvalue weighted by Crippen LogP contribution is -2.39. The molecule has 464 valence electrons. The molecule has 19 rings (SSSR count). The maximum absolute atomic E-state index is 5.23. The molecule has 1 aliphatic heterocycles. The standard InChI is InChI=1S/C87H56N12/c1-7-26-55(27-8-1)79-88-80(56-28-9-2-10-29-56)92-85(91-79)61-38-23-41-64(48-61)97-73-46-21-19-44-67(73)69-51-77-71(53-75(69)97)72-54-76-70(52-78(72)99(77)66-43-25-40-63(50-66)87-95-83(59-34-15-5-16-35-59)90-84(96-87)60-36-17-6-18-37-60)68-45-20-22-47-74(68)98(76)65-42-24-39-62(49-65)86-93-81(57-30-11-3-12-31-57)89-82(94-86)58-32-13-4-14-33-58/h1-54,69,75H. The van der Waals surface area contributed by atoms with Crippen molar-refractivity contribution in [2.75, 3.05) is 4.90 Å². The van der Waals surface area contributed by atoms with Crippen LogP contribution in [0.4, 0.5) is 11.4 Å². The predicted octanol–water partition coefficient (Wildman–Crippen LogP) is 18.2. The summed E-state index contributed by atoms with van der Waals surface area (Å²) in [7, 11) is 0. The van der Waals surface area contributed by atoms with E-state index in [2.05, 4.69) is 160 Å². The Labute approximate surface area is 569 Å². The summed E-state index contributed by atoms with van der Waals surface area (Å²) in [6, 6.07) is 109. The summed E-state index contributed by atoms with van der Waals surface area (Å²) in [6.45, 7) is 0. The van der Waals surface area contributed by atoms with Gasteiger partial charge in [-0.3, -0.25) is 0 Å². The molecule has 2 atom stereocenters. The smallest absolute Gasteiger partial charge is 0.164 e. The quantitative estimate of drug-likeness (QED) is 0.117. The van der Waals surface area contributed by atoms with E-state index in [1.54, 1.807) is 0 Å².